The summed E-state index contributed by atoms with van der Waals surface area (Å²) in [5.41, 5.74) is 7.57. The summed E-state index contributed by atoms with van der Waals surface area (Å²) in [5.74, 6) is 0.907. The maximum absolute atomic E-state index is 5.26. The van der Waals surface area contributed by atoms with Gasteiger partial charge >= 0.3 is 0 Å². The molecule has 2 aromatic carbocycles. The molecular formula is C25H32N2O. The van der Waals surface area contributed by atoms with Crippen molar-refractivity contribution in [3.63, 3.8) is 0 Å². The van der Waals surface area contributed by atoms with Crippen LogP contribution in [0.5, 0.6) is 5.75 Å². The predicted molar refractivity (Wildman–Crippen MR) is 121 cm³/mol. The Labute approximate surface area is 169 Å². The van der Waals surface area contributed by atoms with Crippen LogP contribution in [0.15, 0.2) is 67.0 Å². The van der Waals surface area contributed by atoms with E-state index < -0.39 is 0 Å². The molecule has 0 amide bonds. The predicted octanol–water partition coefficient (Wildman–Crippen LogP) is 5.86. The molecule has 3 nitrogen and oxygen atoms in total. The molecule has 0 spiro atoms. The Morgan fingerprint density at radius 2 is 1.25 bits per heavy atom. The number of anilines is 2. The summed E-state index contributed by atoms with van der Waals surface area (Å²) >= 11 is 0. The third-order valence-electron chi connectivity index (χ3n) is 6.43. The number of hydrogen-bond acceptors (Lipinski definition) is 3. The van der Waals surface area contributed by atoms with Gasteiger partial charge in [0.15, 0.2) is 0 Å². The van der Waals surface area contributed by atoms with Crippen molar-refractivity contribution < 1.29 is 4.74 Å². The number of allylic oxidation sites excluding steroid dienone is 2. The van der Waals surface area contributed by atoms with Gasteiger partial charge in [-0.05, 0) is 35.4 Å². The third-order valence-corrected chi connectivity index (χ3v) is 6.43. The fraction of sp³-hybridized carbons (Fsp3) is 0.360. The highest BCUT2D eigenvalue weighted by Gasteiger charge is 2.37. The molecule has 0 aliphatic carbocycles. The molecule has 4 rings (SSSR count). The van der Waals surface area contributed by atoms with E-state index in [0.717, 1.165) is 11.4 Å². The second kappa shape index (κ2) is 6.73. The Balaban J connectivity index is 0.000000162. The van der Waals surface area contributed by atoms with Gasteiger partial charge in [0.1, 0.15) is 5.75 Å². The minimum atomic E-state index is -0.00137. The van der Waals surface area contributed by atoms with Gasteiger partial charge in [-0.2, -0.15) is 0 Å². The second-order valence-electron chi connectivity index (χ2n) is 8.66. The first-order chi connectivity index (χ1) is 13.0. The molecule has 28 heavy (non-hydrogen) atoms. The molecule has 0 fully saturated rings. The highest BCUT2D eigenvalue weighted by molar-refractivity contribution is 5.71. The molecule has 0 radical (unpaired) electrons. The van der Waals surface area contributed by atoms with E-state index in [1.54, 1.807) is 7.11 Å². The molecule has 2 aliphatic heterocycles. The van der Waals surface area contributed by atoms with E-state index in [2.05, 4.69) is 101 Å². The van der Waals surface area contributed by atoms with E-state index in [9.17, 15) is 0 Å². The minimum Gasteiger partial charge on any atom is -0.497 e. The Kier molecular flexibility index (Phi) is 4.82. The van der Waals surface area contributed by atoms with E-state index in [0.29, 0.717) is 0 Å². The summed E-state index contributed by atoms with van der Waals surface area (Å²) in [4.78, 5) is 4.32. The first-order valence-electron chi connectivity index (χ1n) is 9.67. The van der Waals surface area contributed by atoms with E-state index >= 15 is 0 Å². The highest BCUT2D eigenvalue weighted by Crippen LogP contribution is 2.47. The molecular weight excluding hydrogens is 344 g/mol. The number of methoxy groups -OCH3 is 1. The minimum absolute atomic E-state index is 0.00137. The van der Waals surface area contributed by atoms with Crippen LogP contribution in [0.3, 0.4) is 0 Å². The van der Waals surface area contributed by atoms with Crippen LogP contribution in [-0.2, 0) is 10.8 Å². The zero-order valence-corrected chi connectivity index (χ0v) is 18.3. The van der Waals surface area contributed by atoms with Crippen LogP contribution in [0.1, 0.15) is 38.8 Å². The van der Waals surface area contributed by atoms with Gasteiger partial charge in [-0.25, -0.2) is 0 Å². The summed E-state index contributed by atoms with van der Waals surface area (Å²) < 4.78 is 5.26. The van der Waals surface area contributed by atoms with Crippen molar-refractivity contribution in [2.75, 3.05) is 31.0 Å². The fourth-order valence-corrected chi connectivity index (χ4v) is 4.17. The fourth-order valence-electron chi connectivity index (χ4n) is 4.17. The first kappa shape index (κ1) is 20.1. The van der Waals surface area contributed by atoms with Crippen LogP contribution in [0.2, 0.25) is 0 Å². The van der Waals surface area contributed by atoms with Crippen LogP contribution in [-0.4, -0.2) is 21.2 Å². The molecule has 0 atom stereocenters. The smallest absolute Gasteiger partial charge is 0.119 e. The number of nitrogens with zero attached hydrogens (tertiary/aromatic N) is 2. The third kappa shape index (κ3) is 2.90. The number of hydrogen-bond donors (Lipinski definition) is 0. The van der Waals surface area contributed by atoms with Crippen LogP contribution in [0.4, 0.5) is 11.4 Å². The van der Waals surface area contributed by atoms with Crippen molar-refractivity contribution in [3.8, 4) is 5.75 Å². The normalized spacial score (nSPS) is 18.4. The van der Waals surface area contributed by atoms with Crippen molar-refractivity contribution in [1.82, 2.24) is 0 Å². The average molecular weight is 377 g/mol. The number of ether oxygens (including phenoxy) is 1. The van der Waals surface area contributed by atoms with Crippen LogP contribution in [0.25, 0.3) is 0 Å². The maximum atomic E-state index is 5.26. The number of likely N-dealkylation sites (N-methyl/N-ethyl adjacent to an activating group) is 2. The van der Waals surface area contributed by atoms with E-state index in [4.69, 9.17) is 4.74 Å². The lowest BCUT2D eigenvalue weighted by Gasteiger charge is -2.22. The lowest BCUT2D eigenvalue weighted by molar-refractivity contribution is 0.413. The van der Waals surface area contributed by atoms with Gasteiger partial charge in [-0.3, -0.25) is 0 Å². The van der Waals surface area contributed by atoms with Crippen molar-refractivity contribution in [3.05, 3.63) is 78.1 Å². The van der Waals surface area contributed by atoms with Gasteiger partial charge in [0.05, 0.1) is 7.11 Å². The van der Waals surface area contributed by atoms with E-state index in [1.807, 2.05) is 6.07 Å². The number of benzene rings is 2. The zero-order chi connectivity index (χ0) is 20.9. The lowest BCUT2D eigenvalue weighted by Crippen LogP contribution is -2.21. The summed E-state index contributed by atoms with van der Waals surface area (Å²) in [5, 5.41) is 0. The lowest BCUT2D eigenvalue weighted by atomic mass is 9.84. The maximum Gasteiger partial charge on any atom is 0.119 e. The topological polar surface area (TPSA) is 15.7 Å². The molecule has 3 heteroatoms. The second-order valence-corrected chi connectivity index (χ2v) is 8.66. The standard InChI is InChI=1S/C13H17NO.C12H15N/c1-9-13(2,3)11-8-10(15-5)6-7-12(11)14(9)4;1-9-12(2,3)10-7-5-6-8-11(10)13(9)4/h6-8H,1H2,2-5H3;5-8H,1H2,2-4H3. The van der Waals surface area contributed by atoms with Crippen LogP contribution < -0.4 is 14.5 Å². The molecule has 0 saturated carbocycles. The highest BCUT2D eigenvalue weighted by atomic mass is 16.5. The Bertz CT molecular complexity index is 939. The summed E-state index contributed by atoms with van der Waals surface area (Å²) in [6.45, 7) is 17.1. The average Bonchev–Trinajstić information content (AvgIpc) is 2.97. The van der Waals surface area contributed by atoms with Crippen LogP contribution >= 0.6 is 0 Å². The van der Waals surface area contributed by atoms with Gasteiger partial charge in [0.25, 0.3) is 0 Å². The van der Waals surface area contributed by atoms with Gasteiger partial charge in [0.2, 0.25) is 0 Å². The number of para-hydroxylation sites is 1. The van der Waals surface area contributed by atoms with Gasteiger partial charge in [-0.1, -0.05) is 59.1 Å². The monoisotopic (exact) mass is 376 g/mol. The molecule has 0 aromatic heterocycles. The van der Waals surface area contributed by atoms with Crippen molar-refractivity contribution in [2.24, 2.45) is 0 Å². The van der Waals surface area contributed by atoms with E-state index in [-0.39, 0.29) is 10.8 Å². The molecule has 0 unspecified atom stereocenters. The van der Waals surface area contributed by atoms with Crippen molar-refractivity contribution >= 4 is 11.4 Å². The molecule has 0 N–H and O–H groups in total. The van der Waals surface area contributed by atoms with Crippen molar-refractivity contribution in [2.45, 2.75) is 38.5 Å². The summed E-state index contributed by atoms with van der Waals surface area (Å²) in [7, 11) is 5.83. The van der Waals surface area contributed by atoms with E-state index in [1.165, 1.54) is 28.2 Å². The molecule has 2 aromatic rings. The Morgan fingerprint density at radius 1 is 0.750 bits per heavy atom. The van der Waals surface area contributed by atoms with Gasteiger partial charge in [-0.15, -0.1) is 0 Å². The molecule has 148 valence electrons. The SMILES string of the molecule is C=C1N(C)c2ccc(OC)cc2C1(C)C.C=C1N(C)c2ccccc2C1(C)C. The molecule has 2 aliphatic rings. The zero-order valence-electron chi connectivity index (χ0n) is 18.3. The quantitative estimate of drug-likeness (QED) is 0.619. The number of fused-ring (bicyclic) bond motifs is 2. The summed E-state index contributed by atoms with van der Waals surface area (Å²) in [6.07, 6.45) is 0. The Morgan fingerprint density at radius 3 is 1.79 bits per heavy atom. The Hall–Kier alpha value is -2.68. The summed E-state index contributed by atoms with van der Waals surface area (Å²) in [6, 6.07) is 14.7. The molecule has 0 saturated heterocycles. The molecule has 2 heterocycles. The first-order valence-corrected chi connectivity index (χ1v) is 9.67. The van der Waals surface area contributed by atoms with Gasteiger partial charge < -0.3 is 14.5 Å². The van der Waals surface area contributed by atoms with Crippen LogP contribution in [0, 0.1) is 0 Å². The van der Waals surface area contributed by atoms with Crippen molar-refractivity contribution in [1.29, 1.82) is 0 Å². The largest absolute Gasteiger partial charge is 0.497 e. The molecule has 0 bridgehead atoms. The van der Waals surface area contributed by atoms with Gasteiger partial charge in [0, 0.05) is 47.7 Å². The number of rotatable bonds is 1.